The maximum Gasteiger partial charge on any atom is 0.166 e. The molecule has 0 spiro atoms. The third kappa shape index (κ3) is 3.94. The molecule has 0 saturated carbocycles. The molecule has 1 aliphatic rings. The summed E-state index contributed by atoms with van der Waals surface area (Å²) in [6, 6.07) is 13.4. The topological polar surface area (TPSA) is 64.6 Å². The number of ether oxygens (including phenoxy) is 2. The molecule has 0 radical (unpaired) electrons. The van der Waals surface area contributed by atoms with Crippen LogP contribution in [0.15, 0.2) is 42.5 Å². The predicted octanol–water partition coefficient (Wildman–Crippen LogP) is 3.73. The van der Waals surface area contributed by atoms with Crippen molar-refractivity contribution in [3.63, 3.8) is 0 Å². The molecule has 0 amide bonds. The second-order valence-corrected chi connectivity index (χ2v) is 6.69. The van der Waals surface area contributed by atoms with Crippen molar-refractivity contribution in [1.29, 1.82) is 0 Å². The summed E-state index contributed by atoms with van der Waals surface area (Å²) < 4.78 is 11.6. The van der Waals surface area contributed by atoms with Gasteiger partial charge in [-0.25, -0.2) is 0 Å². The Morgan fingerprint density at radius 3 is 2.73 bits per heavy atom. The Balaban J connectivity index is 1.67. The van der Waals surface area contributed by atoms with E-state index in [1.807, 2.05) is 44.2 Å². The molecule has 136 valence electrons. The van der Waals surface area contributed by atoms with Crippen LogP contribution in [0.2, 0.25) is 0 Å². The minimum Gasteiger partial charge on any atom is -0.488 e. The van der Waals surface area contributed by atoms with Crippen LogP contribution in [-0.4, -0.2) is 31.3 Å². The molecule has 5 nitrogen and oxygen atoms in total. The first-order valence-electron chi connectivity index (χ1n) is 8.77. The smallest absolute Gasteiger partial charge is 0.166 e. The third-order valence-electron chi connectivity index (χ3n) is 4.32. The van der Waals surface area contributed by atoms with Gasteiger partial charge in [-0.2, -0.15) is 0 Å². The number of carbonyl (C=O) groups is 2. The van der Waals surface area contributed by atoms with Gasteiger partial charge in [-0.05, 0) is 17.7 Å². The van der Waals surface area contributed by atoms with Gasteiger partial charge in [0.2, 0.25) is 0 Å². The van der Waals surface area contributed by atoms with Crippen molar-refractivity contribution in [2.75, 3.05) is 18.5 Å². The normalized spacial score (nSPS) is 15.7. The lowest BCUT2D eigenvalue weighted by Gasteiger charge is -2.29. The van der Waals surface area contributed by atoms with Gasteiger partial charge >= 0.3 is 0 Å². The van der Waals surface area contributed by atoms with Crippen LogP contribution in [0.5, 0.6) is 5.75 Å². The van der Waals surface area contributed by atoms with E-state index >= 15 is 0 Å². The Morgan fingerprint density at radius 1 is 1.27 bits per heavy atom. The van der Waals surface area contributed by atoms with Gasteiger partial charge in [-0.3, -0.25) is 9.59 Å². The summed E-state index contributed by atoms with van der Waals surface area (Å²) in [7, 11) is 0. The first kappa shape index (κ1) is 18.1. The Bertz CT molecular complexity index is 786. The van der Waals surface area contributed by atoms with Crippen molar-refractivity contribution in [3.05, 3.63) is 59.2 Å². The fourth-order valence-corrected chi connectivity index (χ4v) is 2.94. The Labute approximate surface area is 153 Å². The van der Waals surface area contributed by atoms with Gasteiger partial charge in [0.15, 0.2) is 17.8 Å². The van der Waals surface area contributed by atoms with E-state index in [0.29, 0.717) is 48.7 Å². The summed E-state index contributed by atoms with van der Waals surface area (Å²) >= 11 is 0. The largest absolute Gasteiger partial charge is 0.488 e. The molecular formula is C21H23NO4. The second-order valence-electron chi connectivity index (χ2n) is 6.69. The standard InChI is InChI=1S/C21H23NO4/c1-14(2)20(24)17-8-9-19-21(18(17)10-23)26-13-16(22-19)12-25-11-15-6-4-3-5-7-15/h3-10,14,16,22H,11-13H2,1-2H3. The number of carbonyl (C=O) groups excluding carboxylic acids is 2. The van der Waals surface area contributed by atoms with E-state index in [2.05, 4.69) is 5.32 Å². The van der Waals surface area contributed by atoms with Crippen LogP contribution in [-0.2, 0) is 11.3 Å². The van der Waals surface area contributed by atoms with Gasteiger partial charge in [0.1, 0.15) is 6.61 Å². The van der Waals surface area contributed by atoms with Crippen LogP contribution >= 0.6 is 0 Å². The maximum atomic E-state index is 12.3. The van der Waals surface area contributed by atoms with Crippen molar-refractivity contribution in [3.8, 4) is 5.75 Å². The fourth-order valence-electron chi connectivity index (χ4n) is 2.94. The van der Waals surface area contributed by atoms with Crippen molar-refractivity contribution in [2.45, 2.75) is 26.5 Å². The summed E-state index contributed by atoms with van der Waals surface area (Å²) in [5, 5.41) is 3.33. The molecule has 2 aromatic rings. The molecule has 0 aliphatic carbocycles. The summed E-state index contributed by atoms with van der Waals surface area (Å²) in [4.78, 5) is 23.8. The van der Waals surface area contributed by atoms with Crippen molar-refractivity contribution in [2.24, 2.45) is 5.92 Å². The summed E-state index contributed by atoms with van der Waals surface area (Å²) in [5.74, 6) is 0.208. The third-order valence-corrected chi connectivity index (χ3v) is 4.32. The van der Waals surface area contributed by atoms with Gasteiger partial charge in [-0.15, -0.1) is 0 Å². The zero-order chi connectivity index (χ0) is 18.5. The maximum absolute atomic E-state index is 12.3. The lowest BCUT2D eigenvalue weighted by atomic mass is 9.95. The lowest BCUT2D eigenvalue weighted by Crippen LogP contribution is -2.36. The highest BCUT2D eigenvalue weighted by atomic mass is 16.5. The van der Waals surface area contributed by atoms with E-state index < -0.39 is 0 Å². The summed E-state index contributed by atoms with van der Waals surface area (Å²) in [6.45, 7) is 5.03. The van der Waals surface area contributed by atoms with Crippen LogP contribution in [0.3, 0.4) is 0 Å². The SMILES string of the molecule is CC(C)C(=O)c1ccc2c(c1C=O)OCC(COCc1ccccc1)N2. The second kappa shape index (κ2) is 8.15. The number of Topliss-reactive ketones (excluding diaryl/α,β-unsaturated/α-hetero) is 1. The van der Waals surface area contributed by atoms with Crippen LogP contribution in [0.25, 0.3) is 0 Å². The van der Waals surface area contributed by atoms with Crippen molar-refractivity contribution < 1.29 is 19.1 Å². The van der Waals surface area contributed by atoms with Gasteiger partial charge in [-0.1, -0.05) is 44.2 Å². The highest BCUT2D eigenvalue weighted by molar-refractivity contribution is 6.06. The number of rotatable bonds is 7. The molecule has 0 saturated heterocycles. The molecule has 1 N–H and O–H groups in total. The molecule has 1 heterocycles. The first-order valence-corrected chi connectivity index (χ1v) is 8.77. The summed E-state index contributed by atoms with van der Waals surface area (Å²) in [5.41, 5.74) is 2.56. The molecule has 1 aliphatic heterocycles. The summed E-state index contributed by atoms with van der Waals surface area (Å²) in [6.07, 6.45) is 0.697. The van der Waals surface area contributed by atoms with Crippen LogP contribution in [0, 0.1) is 5.92 Å². The number of hydrogen-bond donors (Lipinski definition) is 1. The number of aldehydes is 1. The highest BCUT2D eigenvalue weighted by Crippen LogP contribution is 2.35. The van der Waals surface area contributed by atoms with Crippen LogP contribution in [0.4, 0.5) is 5.69 Å². The fraction of sp³-hybridized carbons (Fsp3) is 0.333. The van der Waals surface area contributed by atoms with E-state index in [-0.39, 0.29) is 17.7 Å². The minimum absolute atomic E-state index is 0.0163. The molecule has 0 bridgehead atoms. The van der Waals surface area contributed by atoms with Crippen molar-refractivity contribution >= 4 is 17.8 Å². The monoisotopic (exact) mass is 353 g/mol. The first-order chi connectivity index (χ1) is 12.6. The number of nitrogens with one attached hydrogen (secondary N) is 1. The zero-order valence-corrected chi connectivity index (χ0v) is 15.0. The van der Waals surface area contributed by atoms with Gasteiger partial charge < -0.3 is 14.8 Å². The zero-order valence-electron chi connectivity index (χ0n) is 15.0. The minimum atomic E-state index is -0.178. The molecule has 5 heteroatoms. The van der Waals surface area contributed by atoms with E-state index in [9.17, 15) is 9.59 Å². The number of anilines is 1. The molecule has 0 aromatic heterocycles. The van der Waals surface area contributed by atoms with Crippen molar-refractivity contribution in [1.82, 2.24) is 0 Å². The molecule has 3 rings (SSSR count). The molecule has 1 unspecified atom stereocenters. The number of hydrogen-bond acceptors (Lipinski definition) is 5. The molecule has 2 aromatic carbocycles. The Morgan fingerprint density at radius 2 is 2.04 bits per heavy atom. The van der Waals surface area contributed by atoms with E-state index in [0.717, 1.165) is 5.56 Å². The quantitative estimate of drug-likeness (QED) is 0.607. The number of fused-ring (bicyclic) bond motifs is 1. The highest BCUT2D eigenvalue weighted by Gasteiger charge is 2.26. The average Bonchev–Trinajstić information content (AvgIpc) is 2.67. The molecular weight excluding hydrogens is 330 g/mol. The number of benzene rings is 2. The number of ketones is 1. The average molecular weight is 353 g/mol. The predicted molar refractivity (Wildman–Crippen MR) is 100 cm³/mol. The van der Waals surface area contributed by atoms with Gasteiger partial charge in [0, 0.05) is 11.5 Å². The molecule has 26 heavy (non-hydrogen) atoms. The van der Waals surface area contributed by atoms with Gasteiger partial charge in [0.05, 0.1) is 30.5 Å². The Kier molecular flexibility index (Phi) is 5.68. The molecule has 0 fully saturated rings. The van der Waals surface area contributed by atoms with E-state index in [4.69, 9.17) is 9.47 Å². The molecule has 1 atom stereocenters. The van der Waals surface area contributed by atoms with E-state index in [1.54, 1.807) is 12.1 Å². The van der Waals surface area contributed by atoms with Crippen LogP contribution < -0.4 is 10.1 Å². The van der Waals surface area contributed by atoms with E-state index in [1.165, 1.54) is 0 Å². The lowest BCUT2D eigenvalue weighted by molar-refractivity contribution is 0.0923. The Hall–Kier alpha value is -2.66. The van der Waals surface area contributed by atoms with Gasteiger partial charge in [0.25, 0.3) is 0 Å². The van der Waals surface area contributed by atoms with Crippen LogP contribution in [0.1, 0.15) is 40.1 Å².